The van der Waals surface area contributed by atoms with Crippen LogP contribution in [-0.4, -0.2) is 29.7 Å². The van der Waals surface area contributed by atoms with Crippen molar-refractivity contribution in [2.75, 3.05) is 0 Å². The maximum absolute atomic E-state index is 11.4. The molecular formula is C10H8N6O. The molecule has 3 heterocycles. The third-order valence-corrected chi connectivity index (χ3v) is 2.32. The number of nitrogens with zero attached hydrogens (tertiary/aromatic N) is 5. The van der Waals surface area contributed by atoms with Gasteiger partial charge >= 0.3 is 0 Å². The molecule has 7 nitrogen and oxygen atoms in total. The smallest absolute Gasteiger partial charge is 0.279 e. The summed E-state index contributed by atoms with van der Waals surface area (Å²) in [5.74, 6) is 0. The monoisotopic (exact) mass is 228 g/mol. The van der Waals surface area contributed by atoms with Gasteiger partial charge in [0, 0.05) is 18.0 Å². The molecule has 0 aliphatic heterocycles. The van der Waals surface area contributed by atoms with E-state index in [4.69, 9.17) is 0 Å². The van der Waals surface area contributed by atoms with Gasteiger partial charge in [-0.1, -0.05) is 0 Å². The van der Waals surface area contributed by atoms with Gasteiger partial charge < -0.3 is 4.98 Å². The standard InChI is InChI=1S/C10H8N6O/c17-10-9-8(13-6-14-10)4-16(15-9)3-7-1-11-5-12-2-7/h1-2,4-6H,3H2,(H,13,14,17). The molecule has 17 heavy (non-hydrogen) atoms. The second-order valence-corrected chi connectivity index (χ2v) is 3.54. The molecule has 0 atom stereocenters. The highest BCUT2D eigenvalue weighted by Crippen LogP contribution is 2.04. The van der Waals surface area contributed by atoms with E-state index in [0.717, 1.165) is 5.56 Å². The van der Waals surface area contributed by atoms with Gasteiger partial charge in [-0.2, -0.15) is 5.10 Å². The van der Waals surface area contributed by atoms with E-state index in [-0.39, 0.29) is 5.56 Å². The number of aromatic amines is 1. The topological polar surface area (TPSA) is 89.4 Å². The fraction of sp³-hybridized carbons (Fsp3) is 0.100. The van der Waals surface area contributed by atoms with Crippen molar-refractivity contribution in [1.82, 2.24) is 29.7 Å². The number of nitrogens with one attached hydrogen (secondary N) is 1. The molecule has 0 spiro atoms. The maximum atomic E-state index is 11.4. The number of aromatic nitrogens is 6. The Morgan fingerprint density at radius 3 is 2.88 bits per heavy atom. The Hall–Kier alpha value is -2.57. The fourth-order valence-electron chi connectivity index (χ4n) is 1.58. The van der Waals surface area contributed by atoms with Gasteiger partial charge in [0.2, 0.25) is 0 Å². The lowest BCUT2D eigenvalue weighted by Gasteiger charge is -1.98. The van der Waals surface area contributed by atoms with E-state index in [0.29, 0.717) is 17.6 Å². The van der Waals surface area contributed by atoms with Crippen molar-refractivity contribution >= 4 is 11.0 Å². The summed E-state index contributed by atoms with van der Waals surface area (Å²) >= 11 is 0. The van der Waals surface area contributed by atoms with Crippen molar-refractivity contribution in [2.24, 2.45) is 0 Å². The van der Waals surface area contributed by atoms with Gasteiger partial charge in [-0.15, -0.1) is 0 Å². The van der Waals surface area contributed by atoms with E-state index >= 15 is 0 Å². The highest BCUT2D eigenvalue weighted by Gasteiger charge is 2.05. The molecule has 0 aromatic carbocycles. The summed E-state index contributed by atoms with van der Waals surface area (Å²) in [6, 6.07) is 0. The van der Waals surface area contributed by atoms with Gasteiger partial charge in [-0.3, -0.25) is 9.48 Å². The molecule has 84 valence electrons. The minimum Gasteiger partial charge on any atom is -0.311 e. The lowest BCUT2D eigenvalue weighted by atomic mass is 10.3. The molecule has 0 radical (unpaired) electrons. The molecule has 0 amide bonds. The molecule has 0 fully saturated rings. The SMILES string of the molecule is O=c1[nH]cnc2cn(Cc3cncnc3)nc12. The Morgan fingerprint density at radius 1 is 1.29 bits per heavy atom. The molecular weight excluding hydrogens is 220 g/mol. The highest BCUT2D eigenvalue weighted by molar-refractivity contribution is 5.71. The van der Waals surface area contributed by atoms with E-state index < -0.39 is 0 Å². The van der Waals surface area contributed by atoms with Crippen molar-refractivity contribution < 1.29 is 0 Å². The molecule has 0 aliphatic rings. The normalized spacial score (nSPS) is 10.8. The van der Waals surface area contributed by atoms with Crippen LogP contribution in [0.5, 0.6) is 0 Å². The van der Waals surface area contributed by atoms with Crippen LogP contribution in [0.4, 0.5) is 0 Å². The maximum Gasteiger partial charge on any atom is 0.279 e. The second kappa shape index (κ2) is 3.78. The number of rotatable bonds is 2. The molecule has 3 aromatic heterocycles. The lowest BCUT2D eigenvalue weighted by Crippen LogP contribution is -2.07. The minimum atomic E-state index is -0.238. The lowest BCUT2D eigenvalue weighted by molar-refractivity contribution is 0.689. The Morgan fingerprint density at radius 2 is 2.12 bits per heavy atom. The minimum absolute atomic E-state index is 0.238. The van der Waals surface area contributed by atoms with Gasteiger partial charge in [0.15, 0.2) is 5.52 Å². The van der Waals surface area contributed by atoms with Crippen LogP contribution < -0.4 is 5.56 Å². The van der Waals surface area contributed by atoms with Gasteiger partial charge in [-0.05, 0) is 0 Å². The van der Waals surface area contributed by atoms with Crippen LogP contribution in [0, 0.1) is 0 Å². The average Bonchev–Trinajstić information content (AvgIpc) is 2.74. The zero-order chi connectivity index (χ0) is 11.7. The molecule has 0 saturated carbocycles. The van der Waals surface area contributed by atoms with Crippen LogP contribution in [0.15, 0.2) is 36.0 Å². The van der Waals surface area contributed by atoms with Gasteiger partial charge in [0.1, 0.15) is 11.8 Å². The van der Waals surface area contributed by atoms with Crippen molar-refractivity contribution in [3.8, 4) is 0 Å². The van der Waals surface area contributed by atoms with Crippen LogP contribution >= 0.6 is 0 Å². The summed E-state index contributed by atoms with van der Waals surface area (Å²) in [5, 5.41) is 4.16. The van der Waals surface area contributed by atoms with E-state index in [2.05, 4.69) is 25.0 Å². The average molecular weight is 228 g/mol. The first-order valence-corrected chi connectivity index (χ1v) is 4.98. The first-order chi connectivity index (χ1) is 8.33. The predicted molar refractivity (Wildman–Crippen MR) is 59.3 cm³/mol. The third kappa shape index (κ3) is 1.78. The van der Waals surface area contributed by atoms with Gasteiger partial charge in [0.25, 0.3) is 5.56 Å². The number of hydrogen-bond donors (Lipinski definition) is 1. The van der Waals surface area contributed by atoms with Crippen molar-refractivity contribution in [3.05, 3.63) is 47.2 Å². The van der Waals surface area contributed by atoms with Crippen LogP contribution in [0.25, 0.3) is 11.0 Å². The van der Waals surface area contributed by atoms with Crippen LogP contribution in [0.1, 0.15) is 5.56 Å². The first kappa shape index (κ1) is 9.64. The first-order valence-electron chi connectivity index (χ1n) is 4.98. The van der Waals surface area contributed by atoms with Crippen LogP contribution in [0.3, 0.4) is 0 Å². The molecule has 0 saturated heterocycles. The molecule has 0 unspecified atom stereocenters. The molecule has 3 aromatic rings. The summed E-state index contributed by atoms with van der Waals surface area (Å²) in [6.45, 7) is 0.511. The van der Waals surface area contributed by atoms with Gasteiger partial charge in [-0.25, -0.2) is 15.0 Å². The second-order valence-electron chi connectivity index (χ2n) is 3.54. The summed E-state index contributed by atoms with van der Waals surface area (Å²) in [7, 11) is 0. The van der Waals surface area contributed by atoms with Crippen LogP contribution in [0.2, 0.25) is 0 Å². The van der Waals surface area contributed by atoms with Crippen molar-refractivity contribution in [1.29, 1.82) is 0 Å². The number of fused-ring (bicyclic) bond motifs is 1. The highest BCUT2D eigenvalue weighted by atomic mass is 16.1. The fourth-order valence-corrected chi connectivity index (χ4v) is 1.58. The Labute approximate surface area is 95.2 Å². The third-order valence-electron chi connectivity index (χ3n) is 2.32. The summed E-state index contributed by atoms with van der Waals surface area (Å²) in [4.78, 5) is 25.8. The Bertz CT molecular complexity index is 701. The summed E-state index contributed by atoms with van der Waals surface area (Å²) < 4.78 is 1.64. The quantitative estimate of drug-likeness (QED) is 0.664. The van der Waals surface area contributed by atoms with Gasteiger partial charge in [0.05, 0.1) is 19.1 Å². The molecule has 0 aliphatic carbocycles. The van der Waals surface area contributed by atoms with Crippen LogP contribution in [-0.2, 0) is 6.54 Å². The summed E-state index contributed by atoms with van der Waals surface area (Å²) in [5.41, 5.74) is 1.59. The van der Waals surface area contributed by atoms with E-state index in [1.165, 1.54) is 12.7 Å². The molecule has 1 N–H and O–H groups in total. The van der Waals surface area contributed by atoms with E-state index in [1.807, 2.05) is 0 Å². The van der Waals surface area contributed by atoms with E-state index in [1.54, 1.807) is 23.3 Å². The zero-order valence-corrected chi connectivity index (χ0v) is 8.74. The largest absolute Gasteiger partial charge is 0.311 e. The molecule has 3 rings (SSSR count). The number of hydrogen-bond acceptors (Lipinski definition) is 5. The van der Waals surface area contributed by atoms with Crippen molar-refractivity contribution in [2.45, 2.75) is 6.54 Å². The summed E-state index contributed by atoms with van der Waals surface area (Å²) in [6.07, 6.45) is 7.96. The van der Waals surface area contributed by atoms with E-state index in [9.17, 15) is 4.79 Å². The molecule has 7 heteroatoms. The predicted octanol–water partition coefficient (Wildman–Crippen LogP) is -0.0421. The van der Waals surface area contributed by atoms with Crippen molar-refractivity contribution in [3.63, 3.8) is 0 Å². The zero-order valence-electron chi connectivity index (χ0n) is 8.74. The Kier molecular flexibility index (Phi) is 2.14. The number of H-pyrrole nitrogens is 1. The Balaban J connectivity index is 2.02. The molecule has 0 bridgehead atoms.